The minimum Gasteiger partial charge on any atom is -0.486 e. The number of nitrogens with zero attached hydrogens (tertiary/aromatic N) is 1. The minimum atomic E-state index is -4.41. The highest BCUT2D eigenvalue weighted by Crippen LogP contribution is 2.34. The van der Waals surface area contributed by atoms with Crippen molar-refractivity contribution in [2.24, 2.45) is 0 Å². The molecule has 0 unspecified atom stereocenters. The summed E-state index contributed by atoms with van der Waals surface area (Å²) in [5, 5.41) is 9.42. The molecule has 0 radical (unpaired) electrons. The summed E-state index contributed by atoms with van der Waals surface area (Å²) in [7, 11) is 0. The van der Waals surface area contributed by atoms with Gasteiger partial charge in [-0.2, -0.15) is 13.2 Å². The average Bonchev–Trinajstić information content (AvgIpc) is 3.29. The molecule has 0 aliphatic carbocycles. The lowest BCUT2D eigenvalue weighted by molar-refractivity contribution is -0.139. The maximum absolute atomic E-state index is 13.0. The second-order valence-electron chi connectivity index (χ2n) is 8.04. The monoisotopic (exact) mass is 525 g/mol. The Labute approximate surface area is 215 Å². The third-order valence-corrected chi connectivity index (χ3v) is 6.26. The number of aromatic nitrogens is 1. The number of carboxylic acids is 1. The van der Waals surface area contributed by atoms with Gasteiger partial charge in [-0.1, -0.05) is 48.5 Å². The van der Waals surface area contributed by atoms with E-state index < -0.39 is 24.3 Å². The number of halogens is 3. The van der Waals surface area contributed by atoms with Gasteiger partial charge in [0.2, 0.25) is 0 Å². The predicted molar refractivity (Wildman–Crippen MR) is 137 cm³/mol. The van der Waals surface area contributed by atoms with E-state index in [-0.39, 0.29) is 6.61 Å². The lowest BCUT2D eigenvalue weighted by Gasteiger charge is -2.09. The fraction of sp³-hybridized carbons (Fsp3) is 0.143. The normalized spacial score (nSPS) is 11.6. The first kappa shape index (κ1) is 26.0. The number of ether oxygens (including phenoxy) is 2. The summed E-state index contributed by atoms with van der Waals surface area (Å²) in [5.41, 5.74) is 2.11. The van der Waals surface area contributed by atoms with Crippen molar-refractivity contribution in [3.63, 3.8) is 0 Å². The van der Waals surface area contributed by atoms with Crippen LogP contribution in [0.15, 0.2) is 72.8 Å². The number of rotatable bonds is 9. The first-order valence-corrected chi connectivity index (χ1v) is 12.0. The van der Waals surface area contributed by atoms with Crippen LogP contribution in [0, 0.1) is 6.92 Å². The van der Waals surface area contributed by atoms with Crippen LogP contribution >= 0.6 is 11.3 Å². The van der Waals surface area contributed by atoms with Crippen molar-refractivity contribution in [1.82, 2.24) is 4.98 Å². The van der Waals surface area contributed by atoms with Gasteiger partial charge in [0.1, 0.15) is 23.1 Å². The third kappa shape index (κ3) is 6.98. The molecule has 3 aromatic carbocycles. The summed E-state index contributed by atoms with van der Waals surface area (Å²) < 4.78 is 50.2. The number of aliphatic carboxylic acids is 1. The second kappa shape index (κ2) is 11.3. The second-order valence-corrected chi connectivity index (χ2v) is 9.15. The molecule has 0 spiro atoms. The van der Waals surface area contributed by atoms with Gasteiger partial charge in [-0.3, -0.25) is 0 Å². The molecular formula is C28H22F3NO4S. The molecule has 0 bridgehead atoms. The Kier molecular flexibility index (Phi) is 7.93. The van der Waals surface area contributed by atoms with E-state index in [0.717, 1.165) is 28.1 Å². The van der Waals surface area contributed by atoms with Crippen LogP contribution in [0.2, 0.25) is 0 Å². The molecule has 1 aromatic heterocycles. The number of aryl methyl sites for hydroxylation is 1. The molecule has 5 nitrogen and oxygen atoms in total. The Hall–Kier alpha value is -4.11. The molecule has 0 saturated carbocycles. The van der Waals surface area contributed by atoms with E-state index in [9.17, 15) is 18.0 Å². The SMILES string of the molecule is Cc1cc(OCc2nc(-c3ccc(C(F)(F)F)cc3)c(C=Cc3ccccc3)s2)ccc1OCC(=O)O. The first-order valence-electron chi connectivity index (χ1n) is 11.2. The molecule has 4 aromatic rings. The standard InChI is InChI=1S/C28H22F3NO4S/c1-18-15-22(12-13-23(18)36-17-26(33)34)35-16-25-32-27(20-8-10-21(11-9-20)28(29,30)31)24(37-25)14-7-19-5-3-2-4-6-19/h2-15H,16-17H2,1H3,(H,33,34). The van der Waals surface area contributed by atoms with Gasteiger partial charge in [0.15, 0.2) is 6.61 Å². The Morgan fingerprint density at radius 2 is 1.73 bits per heavy atom. The van der Waals surface area contributed by atoms with Crippen molar-refractivity contribution in [2.45, 2.75) is 19.7 Å². The van der Waals surface area contributed by atoms with Crippen molar-refractivity contribution < 1.29 is 32.5 Å². The van der Waals surface area contributed by atoms with E-state index in [1.165, 1.54) is 23.5 Å². The number of hydrogen-bond acceptors (Lipinski definition) is 5. The van der Waals surface area contributed by atoms with Gasteiger partial charge in [0, 0.05) is 5.56 Å². The number of thiazole rings is 1. The summed E-state index contributed by atoms with van der Waals surface area (Å²) in [6, 6.07) is 19.6. The summed E-state index contributed by atoms with van der Waals surface area (Å²) in [6.07, 6.45) is -0.602. The number of hydrogen-bond donors (Lipinski definition) is 1. The van der Waals surface area contributed by atoms with Gasteiger partial charge in [0.25, 0.3) is 0 Å². The lowest BCUT2D eigenvalue weighted by Crippen LogP contribution is -2.10. The molecule has 0 aliphatic heterocycles. The molecule has 0 atom stereocenters. The van der Waals surface area contributed by atoms with Gasteiger partial charge in [0.05, 0.1) is 16.1 Å². The summed E-state index contributed by atoms with van der Waals surface area (Å²) in [5.74, 6) is -0.0702. The molecular weight excluding hydrogens is 503 g/mol. The highest BCUT2D eigenvalue weighted by molar-refractivity contribution is 7.13. The average molecular weight is 526 g/mol. The van der Waals surface area contributed by atoms with E-state index in [2.05, 4.69) is 4.98 Å². The predicted octanol–water partition coefficient (Wildman–Crippen LogP) is 7.35. The summed E-state index contributed by atoms with van der Waals surface area (Å²) >= 11 is 1.39. The van der Waals surface area contributed by atoms with Crippen LogP contribution in [-0.4, -0.2) is 22.7 Å². The smallest absolute Gasteiger partial charge is 0.416 e. The van der Waals surface area contributed by atoms with E-state index in [0.29, 0.717) is 27.8 Å². The van der Waals surface area contributed by atoms with Gasteiger partial charge >= 0.3 is 12.1 Å². The van der Waals surface area contributed by atoms with Crippen LogP contribution in [0.3, 0.4) is 0 Å². The van der Waals surface area contributed by atoms with E-state index in [1.807, 2.05) is 42.5 Å². The Bertz CT molecular complexity index is 1400. The molecule has 1 N–H and O–H groups in total. The molecule has 190 valence electrons. The van der Waals surface area contributed by atoms with E-state index in [1.54, 1.807) is 25.1 Å². The largest absolute Gasteiger partial charge is 0.486 e. The molecule has 0 aliphatic rings. The van der Waals surface area contributed by atoms with E-state index >= 15 is 0 Å². The maximum atomic E-state index is 13.0. The third-order valence-electron chi connectivity index (χ3n) is 5.27. The molecule has 0 amide bonds. The molecule has 0 fully saturated rings. The van der Waals surface area contributed by atoms with Crippen molar-refractivity contribution in [3.05, 3.63) is 99.4 Å². The zero-order valence-corrected chi connectivity index (χ0v) is 20.5. The topological polar surface area (TPSA) is 68.7 Å². The molecule has 9 heteroatoms. The maximum Gasteiger partial charge on any atom is 0.416 e. The van der Waals surface area contributed by atoms with Crippen LogP contribution in [0.1, 0.15) is 26.6 Å². The minimum absolute atomic E-state index is 0.145. The molecule has 1 heterocycles. The van der Waals surface area contributed by atoms with Crippen LogP contribution in [0.4, 0.5) is 13.2 Å². The zero-order chi connectivity index (χ0) is 26.4. The fourth-order valence-electron chi connectivity index (χ4n) is 3.47. The molecule has 4 rings (SSSR count). The quantitative estimate of drug-likeness (QED) is 0.247. The Morgan fingerprint density at radius 1 is 1.00 bits per heavy atom. The van der Waals surface area contributed by atoms with Gasteiger partial charge in [-0.25, -0.2) is 9.78 Å². The van der Waals surface area contributed by atoms with Crippen molar-refractivity contribution in [1.29, 1.82) is 0 Å². The summed E-state index contributed by atoms with van der Waals surface area (Å²) in [4.78, 5) is 16.2. The van der Waals surface area contributed by atoms with Crippen LogP contribution in [0.25, 0.3) is 23.4 Å². The zero-order valence-electron chi connectivity index (χ0n) is 19.7. The number of benzene rings is 3. The first-order chi connectivity index (χ1) is 17.7. The van der Waals surface area contributed by atoms with Crippen LogP contribution in [-0.2, 0) is 17.6 Å². The lowest BCUT2D eigenvalue weighted by atomic mass is 10.1. The van der Waals surface area contributed by atoms with Gasteiger partial charge in [-0.15, -0.1) is 11.3 Å². The molecule has 37 heavy (non-hydrogen) atoms. The number of carbonyl (C=O) groups is 1. The van der Waals surface area contributed by atoms with Crippen molar-refractivity contribution >= 4 is 29.5 Å². The van der Waals surface area contributed by atoms with Crippen molar-refractivity contribution in [2.75, 3.05) is 6.61 Å². The number of alkyl halides is 3. The molecule has 0 saturated heterocycles. The Morgan fingerprint density at radius 3 is 2.38 bits per heavy atom. The highest BCUT2D eigenvalue weighted by atomic mass is 32.1. The number of carboxylic acid groups (broad SMARTS) is 1. The van der Waals surface area contributed by atoms with Crippen LogP contribution < -0.4 is 9.47 Å². The van der Waals surface area contributed by atoms with Gasteiger partial charge in [-0.05, 0) is 54.5 Å². The fourth-order valence-corrected chi connectivity index (χ4v) is 4.38. The summed E-state index contributed by atoms with van der Waals surface area (Å²) in [6.45, 7) is 1.49. The van der Waals surface area contributed by atoms with E-state index in [4.69, 9.17) is 14.6 Å². The highest BCUT2D eigenvalue weighted by Gasteiger charge is 2.30. The van der Waals surface area contributed by atoms with Crippen LogP contribution in [0.5, 0.6) is 11.5 Å². The van der Waals surface area contributed by atoms with Crippen molar-refractivity contribution in [3.8, 4) is 22.8 Å². The van der Waals surface area contributed by atoms with Gasteiger partial charge < -0.3 is 14.6 Å². The Balaban J connectivity index is 1.57.